The van der Waals surface area contributed by atoms with Gasteiger partial charge in [0, 0.05) is 0 Å². The van der Waals surface area contributed by atoms with Crippen LogP contribution in [0.1, 0.15) is 51.4 Å². The predicted molar refractivity (Wildman–Crippen MR) is 62.7 cm³/mol. The summed E-state index contributed by atoms with van der Waals surface area (Å²) in [7, 11) is 0. The van der Waals surface area contributed by atoms with E-state index in [1.54, 1.807) is 0 Å². The van der Waals surface area contributed by atoms with Crippen molar-refractivity contribution in [3.63, 3.8) is 0 Å². The molecular weight excluding hydrogens is 192 g/mol. The fraction of sp³-hybridized carbons (Fsp3) is 1.00. The summed E-state index contributed by atoms with van der Waals surface area (Å²) < 4.78 is 0. The molecule has 0 aromatic carbocycles. The zero-order chi connectivity index (χ0) is 9.86. The summed E-state index contributed by atoms with van der Waals surface area (Å²) in [5.74, 6) is 3.61. The number of rotatable bonds is 3. The highest BCUT2D eigenvalue weighted by molar-refractivity contribution is 7.99. The smallest absolute Gasteiger partial charge is 0.0648 e. The van der Waals surface area contributed by atoms with E-state index in [1.807, 2.05) is 0 Å². The Morgan fingerprint density at radius 3 is 2.64 bits per heavy atom. The maximum atomic E-state index is 10.2. The molecule has 0 aromatic heterocycles. The van der Waals surface area contributed by atoms with Crippen molar-refractivity contribution in [2.75, 3.05) is 11.5 Å². The molecule has 1 nitrogen and oxygen atoms in total. The largest absolute Gasteiger partial charge is 0.390 e. The van der Waals surface area contributed by atoms with Gasteiger partial charge in [-0.3, -0.25) is 0 Å². The molecule has 2 fully saturated rings. The molecule has 1 saturated carbocycles. The summed E-state index contributed by atoms with van der Waals surface area (Å²) in [6.07, 6.45) is 9.75. The minimum atomic E-state index is -0.262. The van der Waals surface area contributed by atoms with Crippen LogP contribution in [0.2, 0.25) is 0 Å². The maximum Gasteiger partial charge on any atom is 0.0648 e. The first kappa shape index (κ1) is 10.8. The second-order valence-corrected chi connectivity index (χ2v) is 6.20. The number of hydrogen-bond donors (Lipinski definition) is 1. The van der Waals surface area contributed by atoms with E-state index in [2.05, 4.69) is 11.8 Å². The molecule has 0 spiro atoms. The zero-order valence-corrected chi connectivity index (χ0v) is 9.82. The highest BCUT2D eigenvalue weighted by Gasteiger charge is 2.31. The third-order valence-electron chi connectivity index (χ3n) is 3.81. The summed E-state index contributed by atoms with van der Waals surface area (Å²) in [5, 5.41) is 10.2. The molecule has 0 bridgehead atoms. The van der Waals surface area contributed by atoms with Gasteiger partial charge in [-0.15, -0.1) is 0 Å². The lowest BCUT2D eigenvalue weighted by molar-refractivity contribution is 0.0327. The highest BCUT2D eigenvalue weighted by atomic mass is 32.2. The van der Waals surface area contributed by atoms with Crippen LogP contribution in [0.25, 0.3) is 0 Å². The lowest BCUT2D eigenvalue weighted by Crippen LogP contribution is -2.25. The van der Waals surface area contributed by atoms with Crippen molar-refractivity contribution < 1.29 is 5.11 Å². The van der Waals surface area contributed by atoms with Gasteiger partial charge in [-0.25, -0.2) is 0 Å². The highest BCUT2D eigenvalue weighted by Crippen LogP contribution is 2.36. The average molecular weight is 214 g/mol. The lowest BCUT2D eigenvalue weighted by Gasteiger charge is -2.27. The Bertz CT molecular complexity index is 169. The molecule has 1 atom stereocenters. The van der Waals surface area contributed by atoms with E-state index in [-0.39, 0.29) is 5.60 Å². The molecular formula is C12H22OS. The molecule has 2 rings (SSSR count). The van der Waals surface area contributed by atoms with Crippen molar-refractivity contribution in [3.05, 3.63) is 0 Å². The Morgan fingerprint density at radius 1 is 1.21 bits per heavy atom. The third kappa shape index (κ3) is 2.90. The summed E-state index contributed by atoms with van der Waals surface area (Å²) in [4.78, 5) is 0. The van der Waals surface area contributed by atoms with Crippen molar-refractivity contribution in [1.82, 2.24) is 0 Å². The Labute approximate surface area is 91.7 Å². The Hall–Kier alpha value is 0.310. The van der Waals surface area contributed by atoms with Gasteiger partial charge < -0.3 is 5.11 Å². The molecule has 2 aliphatic rings. The van der Waals surface area contributed by atoms with Crippen molar-refractivity contribution in [3.8, 4) is 0 Å². The fourth-order valence-electron chi connectivity index (χ4n) is 2.79. The van der Waals surface area contributed by atoms with E-state index in [4.69, 9.17) is 0 Å². The first-order chi connectivity index (χ1) is 6.79. The van der Waals surface area contributed by atoms with Gasteiger partial charge in [0.05, 0.1) is 5.60 Å². The lowest BCUT2D eigenvalue weighted by atomic mass is 9.89. The van der Waals surface area contributed by atoms with Gasteiger partial charge in [0.15, 0.2) is 0 Å². The van der Waals surface area contributed by atoms with E-state index in [0.29, 0.717) is 0 Å². The van der Waals surface area contributed by atoms with Crippen LogP contribution in [0.3, 0.4) is 0 Å². The minimum absolute atomic E-state index is 0.262. The van der Waals surface area contributed by atoms with Gasteiger partial charge in [0.1, 0.15) is 0 Å². The van der Waals surface area contributed by atoms with Crippen LogP contribution in [-0.4, -0.2) is 22.2 Å². The van der Waals surface area contributed by atoms with Crippen LogP contribution in [-0.2, 0) is 0 Å². The van der Waals surface area contributed by atoms with E-state index in [1.165, 1.54) is 43.6 Å². The molecule has 0 radical (unpaired) electrons. The monoisotopic (exact) mass is 214 g/mol. The SMILES string of the molecule is OC1(CCC2CCCSC2)CCCC1. The summed E-state index contributed by atoms with van der Waals surface area (Å²) in [6.45, 7) is 0. The molecule has 0 aromatic rings. The van der Waals surface area contributed by atoms with Gasteiger partial charge in [-0.05, 0) is 55.9 Å². The summed E-state index contributed by atoms with van der Waals surface area (Å²) in [5.41, 5.74) is -0.262. The van der Waals surface area contributed by atoms with Crippen LogP contribution in [0.5, 0.6) is 0 Å². The van der Waals surface area contributed by atoms with Gasteiger partial charge in [0.25, 0.3) is 0 Å². The minimum Gasteiger partial charge on any atom is -0.390 e. The van der Waals surface area contributed by atoms with Gasteiger partial charge >= 0.3 is 0 Å². The van der Waals surface area contributed by atoms with Gasteiger partial charge in [-0.2, -0.15) is 11.8 Å². The molecule has 82 valence electrons. The van der Waals surface area contributed by atoms with Crippen LogP contribution in [0, 0.1) is 5.92 Å². The van der Waals surface area contributed by atoms with Crippen molar-refractivity contribution in [2.24, 2.45) is 5.92 Å². The van der Waals surface area contributed by atoms with Crippen molar-refractivity contribution >= 4 is 11.8 Å². The number of thioether (sulfide) groups is 1. The van der Waals surface area contributed by atoms with E-state index in [9.17, 15) is 5.11 Å². The van der Waals surface area contributed by atoms with Gasteiger partial charge in [-0.1, -0.05) is 12.8 Å². The van der Waals surface area contributed by atoms with Crippen molar-refractivity contribution in [2.45, 2.75) is 57.0 Å². The van der Waals surface area contributed by atoms with Crippen LogP contribution < -0.4 is 0 Å². The topological polar surface area (TPSA) is 20.2 Å². The molecule has 0 amide bonds. The Balaban J connectivity index is 1.70. The summed E-state index contributed by atoms with van der Waals surface area (Å²) in [6, 6.07) is 0. The Kier molecular flexibility index (Phi) is 3.78. The first-order valence-electron chi connectivity index (χ1n) is 6.09. The molecule has 1 unspecified atom stereocenters. The summed E-state index contributed by atoms with van der Waals surface area (Å²) >= 11 is 2.10. The normalized spacial score (nSPS) is 31.9. The average Bonchev–Trinajstić information content (AvgIpc) is 2.65. The molecule has 1 saturated heterocycles. The predicted octanol–water partition coefficient (Wildman–Crippen LogP) is 3.21. The quantitative estimate of drug-likeness (QED) is 0.778. The van der Waals surface area contributed by atoms with E-state index in [0.717, 1.165) is 25.2 Å². The van der Waals surface area contributed by atoms with Crippen molar-refractivity contribution in [1.29, 1.82) is 0 Å². The van der Waals surface area contributed by atoms with E-state index < -0.39 is 0 Å². The zero-order valence-electron chi connectivity index (χ0n) is 9.00. The molecule has 1 aliphatic heterocycles. The second kappa shape index (κ2) is 4.89. The molecule has 1 N–H and O–H groups in total. The third-order valence-corrected chi connectivity index (χ3v) is 5.09. The van der Waals surface area contributed by atoms with Crippen LogP contribution in [0.15, 0.2) is 0 Å². The Morgan fingerprint density at radius 2 is 2.00 bits per heavy atom. The van der Waals surface area contributed by atoms with Crippen LogP contribution in [0.4, 0.5) is 0 Å². The molecule has 14 heavy (non-hydrogen) atoms. The standard InChI is InChI=1S/C12H22OS/c13-12(6-1-2-7-12)8-5-11-4-3-9-14-10-11/h11,13H,1-10H2. The first-order valence-corrected chi connectivity index (χ1v) is 7.24. The number of hydrogen-bond acceptors (Lipinski definition) is 2. The molecule has 2 heteroatoms. The fourth-order valence-corrected chi connectivity index (χ4v) is 4.00. The maximum absolute atomic E-state index is 10.2. The second-order valence-electron chi connectivity index (χ2n) is 5.05. The number of aliphatic hydroxyl groups is 1. The van der Waals surface area contributed by atoms with Gasteiger partial charge in [0.2, 0.25) is 0 Å². The molecule has 1 heterocycles. The molecule has 1 aliphatic carbocycles. The van der Waals surface area contributed by atoms with Crippen LogP contribution >= 0.6 is 11.8 Å². The van der Waals surface area contributed by atoms with E-state index >= 15 is 0 Å².